The number of benzene rings is 2. The van der Waals surface area contributed by atoms with Crippen molar-refractivity contribution >= 4 is 44.1 Å². The van der Waals surface area contributed by atoms with E-state index in [0.29, 0.717) is 18.1 Å². The number of Topliss-reactive ketones (excluding diaryl/α,β-unsaturated/α-hetero) is 1. The van der Waals surface area contributed by atoms with Crippen molar-refractivity contribution in [2.45, 2.75) is 193 Å². The molecule has 2 saturated carbocycles. The van der Waals surface area contributed by atoms with Gasteiger partial charge in [0.1, 0.15) is 29.5 Å². The molecule has 17 heteroatoms. The summed E-state index contributed by atoms with van der Waals surface area (Å²) in [5.74, 6) is -5.99. The number of ether oxygens (including phenoxy) is 6. The SMILES string of the molecule is CC[Si](CC)(CC)O[C@H]1C[C@H]2OC[C@@]2(OC(C)=O)[C@H]2[C@H](OC(=O)c3ccccc3)[C@]3(O)C[C@H](OC(=O)[C@](O)(c4ccccc4)[C@H](CC(C)C)NC(=O)OC(C)(C)C)C(C)=C([C@@H](OC(C)=O)C(=O)[C@]12C)C3(C)C. The lowest BCUT2D eigenvalue weighted by Crippen LogP contribution is -2.82. The molecule has 0 aromatic heterocycles. The van der Waals surface area contributed by atoms with Crippen LogP contribution in [0.15, 0.2) is 71.8 Å². The van der Waals surface area contributed by atoms with E-state index in [9.17, 15) is 29.4 Å². The summed E-state index contributed by atoms with van der Waals surface area (Å²) in [4.78, 5) is 87.2. The second-order valence-corrected chi connectivity index (χ2v) is 27.2. The maximum Gasteiger partial charge on any atom is 0.407 e. The zero-order valence-corrected chi connectivity index (χ0v) is 45.5. The number of nitrogens with one attached hydrogen (secondary N) is 1. The third-order valence-electron chi connectivity index (χ3n) is 16.2. The van der Waals surface area contributed by atoms with Crippen molar-refractivity contribution in [1.29, 1.82) is 0 Å². The highest BCUT2D eigenvalue weighted by atomic mass is 28.4. The Kier molecular flexibility index (Phi) is 16.2. The summed E-state index contributed by atoms with van der Waals surface area (Å²) < 4.78 is 45.0. The summed E-state index contributed by atoms with van der Waals surface area (Å²) in [6.07, 6.45) is -8.26. The largest absolute Gasteiger partial charge is 0.455 e. The third kappa shape index (κ3) is 10.0. The van der Waals surface area contributed by atoms with E-state index in [2.05, 4.69) is 5.32 Å². The lowest BCUT2D eigenvalue weighted by molar-refractivity contribution is -0.344. The Morgan fingerprint density at radius 2 is 1.46 bits per heavy atom. The van der Waals surface area contributed by atoms with Gasteiger partial charge in [-0.1, -0.05) is 97.0 Å². The fourth-order valence-electron chi connectivity index (χ4n) is 12.1. The molecule has 4 aliphatic rings. The van der Waals surface area contributed by atoms with E-state index in [1.54, 1.807) is 97.0 Å². The number of carbonyl (C=O) groups excluding carboxylic acids is 6. The van der Waals surface area contributed by atoms with Crippen LogP contribution in [0.2, 0.25) is 18.1 Å². The van der Waals surface area contributed by atoms with E-state index >= 15 is 9.59 Å². The number of hydrogen-bond donors (Lipinski definition) is 3. The zero-order chi connectivity index (χ0) is 53.6. The fourth-order valence-corrected chi connectivity index (χ4v) is 15.0. The van der Waals surface area contributed by atoms with E-state index < -0.39 is 126 Å². The summed E-state index contributed by atoms with van der Waals surface area (Å²) in [6.45, 7) is 23.5. The highest BCUT2D eigenvalue weighted by Crippen LogP contribution is 2.65. The molecule has 11 atom stereocenters. The van der Waals surface area contributed by atoms with Gasteiger partial charge in [-0.05, 0) is 93.9 Å². The normalized spacial score (nSPS) is 30.2. The predicted molar refractivity (Wildman–Crippen MR) is 268 cm³/mol. The van der Waals surface area contributed by atoms with E-state index in [-0.39, 0.29) is 47.6 Å². The van der Waals surface area contributed by atoms with E-state index in [1.165, 1.54) is 19.1 Å². The first kappa shape index (κ1) is 56.4. The molecule has 396 valence electrons. The van der Waals surface area contributed by atoms with Gasteiger partial charge in [0.2, 0.25) is 5.60 Å². The average Bonchev–Trinajstić information content (AvgIpc) is 3.30. The first-order valence-electron chi connectivity index (χ1n) is 25.4. The molecule has 1 amide bonds. The van der Waals surface area contributed by atoms with Crippen LogP contribution in [0.1, 0.15) is 132 Å². The fraction of sp³-hybridized carbons (Fsp3) is 0.636. The molecule has 72 heavy (non-hydrogen) atoms. The minimum atomic E-state index is -2.66. The molecule has 2 aromatic rings. The number of esters is 4. The molecular weight excluding hydrogens is 943 g/mol. The Morgan fingerprint density at radius 3 is 1.96 bits per heavy atom. The Balaban J connectivity index is 1.66. The molecule has 2 aromatic carbocycles. The minimum Gasteiger partial charge on any atom is -0.455 e. The van der Waals surface area contributed by atoms with Crippen LogP contribution in [0.25, 0.3) is 0 Å². The molecule has 1 aliphatic heterocycles. The molecule has 2 bridgehead atoms. The average molecular weight is 1020 g/mol. The van der Waals surface area contributed by atoms with Gasteiger partial charge < -0.3 is 48.4 Å². The van der Waals surface area contributed by atoms with Gasteiger partial charge in [0.15, 0.2) is 25.8 Å². The van der Waals surface area contributed by atoms with E-state index in [4.69, 9.17) is 32.8 Å². The van der Waals surface area contributed by atoms with Crippen molar-refractivity contribution in [3.8, 4) is 0 Å². The highest BCUT2D eigenvalue weighted by Gasteiger charge is 2.79. The summed E-state index contributed by atoms with van der Waals surface area (Å²) in [5, 5.41) is 30.1. The van der Waals surface area contributed by atoms with Gasteiger partial charge in [-0.25, -0.2) is 14.4 Å². The predicted octanol–water partition coefficient (Wildman–Crippen LogP) is 8.06. The second-order valence-electron chi connectivity index (χ2n) is 22.4. The lowest BCUT2D eigenvalue weighted by Gasteiger charge is -2.68. The molecular formula is C55H77NO15Si. The molecule has 6 rings (SSSR count). The van der Waals surface area contributed by atoms with Crippen LogP contribution in [0, 0.1) is 22.7 Å². The number of alkyl carbamates (subject to hydrolysis) is 1. The Morgan fingerprint density at radius 1 is 0.875 bits per heavy atom. The summed E-state index contributed by atoms with van der Waals surface area (Å²) in [6, 6.07) is 16.8. The van der Waals surface area contributed by atoms with Gasteiger partial charge in [-0.3, -0.25) is 14.4 Å². The summed E-state index contributed by atoms with van der Waals surface area (Å²) in [5.41, 5.74) is -10.7. The molecule has 0 unspecified atom stereocenters. The van der Waals surface area contributed by atoms with Crippen molar-refractivity contribution in [3.63, 3.8) is 0 Å². The standard InChI is InChI=1S/C55H77NO15Si/c1-15-72(16-2,17-3)71-40-29-41-53(31-65-41,69-35(8)58)44-46(68-47(60)36-24-20-18-21-25-36)54(63)30-38(33(6)42(51(54,12)13)43(66-34(7)57)45(59)52(40,44)14)67-48(61)55(64,37-26-22-19-23-27-37)39(28-32(4)5)56-49(62)70-50(9,10)11/h18-27,32,38-41,43-44,46,63-64H,15-17,28-31H2,1-14H3,(H,56,62)/t38-,39-,40-,41+,43+,44-,46-,52+,53-,54+,55-/m0/s1. The Hall–Kier alpha value is -4.94. The zero-order valence-electron chi connectivity index (χ0n) is 44.5. The number of fused-ring (bicyclic) bond motifs is 5. The van der Waals surface area contributed by atoms with Crippen LogP contribution in [0.5, 0.6) is 0 Å². The molecule has 1 saturated heterocycles. The van der Waals surface area contributed by atoms with Crippen molar-refractivity contribution in [3.05, 3.63) is 82.9 Å². The third-order valence-corrected chi connectivity index (χ3v) is 20.8. The maximum absolute atomic E-state index is 16.5. The van der Waals surface area contributed by atoms with Crippen molar-refractivity contribution < 1.29 is 71.8 Å². The first-order chi connectivity index (χ1) is 33.5. The van der Waals surface area contributed by atoms with Crippen LogP contribution in [-0.2, 0) is 57.6 Å². The van der Waals surface area contributed by atoms with Crippen LogP contribution < -0.4 is 5.32 Å². The highest BCUT2D eigenvalue weighted by molar-refractivity contribution is 6.73. The minimum absolute atomic E-state index is 0.0607. The number of hydrogen-bond acceptors (Lipinski definition) is 15. The van der Waals surface area contributed by atoms with Gasteiger partial charge in [0.05, 0.1) is 35.6 Å². The smallest absolute Gasteiger partial charge is 0.407 e. The molecule has 3 N–H and O–H groups in total. The van der Waals surface area contributed by atoms with Gasteiger partial charge in [-0.2, -0.15) is 0 Å². The van der Waals surface area contributed by atoms with Gasteiger partial charge in [0.25, 0.3) is 0 Å². The number of carbonyl (C=O) groups is 6. The monoisotopic (exact) mass is 1020 g/mol. The topological polar surface area (TPSA) is 220 Å². The van der Waals surface area contributed by atoms with Crippen LogP contribution >= 0.6 is 0 Å². The number of rotatable bonds is 16. The van der Waals surface area contributed by atoms with Crippen molar-refractivity contribution in [2.24, 2.45) is 22.7 Å². The molecule has 0 spiro atoms. The maximum atomic E-state index is 16.5. The molecule has 1 heterocycles. The van der Waals surface area contributed by atoms with E-state index in [0.717, 1.165) is 6.92 Å². The number of aliphatic hydroxyl groups is 2. The molecule has 0 radical (unpaired) electrons. The van der Waals surface area contributed by atoms with Crippen LogP contribution in [0.3, 0.4) is 0 Å². The molecule has 3 aliphatic carbocycles. The van der Waals surface area contributed by atoms with Crippen molar-refractivity contribution in [1.82, 2.24) is 5.32 Å². The van der Waals surface area contributed by atoms with Gasteiger partial charge in [0, 0.05) is 32.1 Å². The van der Waals surface area contributed by atoms with Gasteiger partial charge in [-0.15, -0.1) is 0 Å². The molecule has 3 fully saturated rings. The van der Waals surface area contributed by atoms with Gasteiger partial charge >= 0.3 is 30.0 Å². The van der Waals surface area contributed by atoms with Crippen molar-refractivity contribution in [2.75, 3.05) is 6.61 Å². The lowest BCUT2D eigenvalue weighted by atomic mass is 9.44. The first-order valence-corrected chi connectivity index (χ1v) is 27.9. The Bertz CT molecular complexity index is 2390. The number of amides is 1. The summed E-state index contributed by atoms with van der Waals surface area (Å²) >= 11 is 0. The summed E-state index contributed by atoms with van der Waals surface area (Å²) in [7, 11) is -2.66. The second kappa shape index (κ2) is 20.8. The van der Waals surface area contributed by atoms with E-state index in [1.807, 2.05) is 34.6 Å². The number of ketones is 1. The molecule has 16 nitrogen and oxygen atoms in total. The Labute approximate surface area is 425 Å². The van der Waals surface area contributed by atoms with Crippen LogP contribution in [-0.4, -0.2) is 114 Å². The quantitative estimate of drug-likeness (QED) is 0.0627. The van der Waals surface area contributed by atoms with Crippen LogP contribution in [0.4, 0.5) is 4.79 Å².